The predicted octanol–water partition coefficient (Wildman–Crippen LogP) is 3.64. The molecule has 104 valence electrons. The lowest BCUT2D eigenvalue weighted by Crippen LogP contribution is -2.33. The smallest absolute Gasteiger partial charge is 0.210 e. The second-order valence-corrected chi connectivity index (χ2v) is 8.98. The Morgan fingerprint density at radius 1 is 1.44 bits per heavy atom. The zero-order valence-corrected chi connectivity index (χ0v) is 13.7. The summed E-state index contributed by atoms with van der Waals surface area (Å²) >= 11 is 12.6. The van der Waals surface area contributed by atoms with Crippen LogP contribution >= 0.6 is 34.5 Å². The van der Waals surface area contributed by atoms with Crippen LogP contribution in [0.4, 0.5) is 0 Å². The molecule has 0 amide bonds. The molecular formula is C11H17Cl2NO2S2. The van der Waals surface area contributed by atoms with Gasteiger partial charge < -0.3 is 0 Å². The molecule has 1 rings (SSSR count). The summed E-state index contributed by atoms with van der Waals surface area (Å²) in [5, 5.41) is 0. The highest BCUT2D eigenvalue weighted by molar-refractivity contribution is 7.91. The van der Waals surface area contributed by atoms with Crippen molar-refractivity contribution in [3.8, 4) is 0 Å². The Bertz CT molecular complexity index is 490. The SMILES string of the molecule is Cc1cc(S(=O)(=O)NCC(C)(C)CCCl)sc1Cl. The normalized spacial score (nSPS) is 12.9. The van der Waals surface area contributed by atoms with Crippen LogP contribution in [0.5, 0.6) is 0 Å². The average Bonchev–Trinajstić information content (AvgIpc) is 2.58. The lowest BCUT2D eigenvalue weighted by atomic mass is 9.91. The lowest BCUT2D eigenvalue weighted by molar-refractivity contribution is 0.352. The summed E-state index contributed by atoms with van der Waals surface area (Å²) < 4.78 is 27.5. The van der Waals surface area contributed by atoms with Gasteiger partial charge in [0.25, 0.3) is 0 Å². The maximum atomic E-state index is 12.1. The number of nitrogens with one attached hydrogen (secondary N) is 1. The second kappa shape index (κ2) is 6.09. The average molecular weight is 330 g/mol. The van der Waals surface area contributed by atoms with E-state index >= 15 is 0 Å². The number of thiophene rings is 1. The fourth-order valence-corrected chi connectivity index (χ4v) is 4.78. The van der Waals surface area contributed by atoms with Gasteiger partial charge in [0.05, 0.1) is 4.34 Å². The van der Waals surface area contributed by atoms with E-state index in [0.29, 0.717) is 16.8 Å². The van der Waals surface area contributed by atoms with Crippen molar-refractivity contribution in [1.29, 1.82) is 0 Å². The van der Waals surface area contributed by atoms with Crippen molar-refractivity contribution in [2.45, 2.75) is 31.4 Å². The summed E-state index contributed by atoms with van der Waals surface area (Å²) in [5.41, 5.74) is 0.618. The quantitative estimate of drug-likeness (QED) is 0.810. The van der Waals surface area contributed by atoms with Crippen LogP contribution in [-0.2, 0) is 10.0 Å². The Kier molecular flexibility index (Phi) is 5.50. The molecular weight excluding hydrogens is 313 g/mol. The number of alkyl halides is 1. The highest BCUT2D eigenvalue weighted by Gasteiger charge is 2.23. The Morgan fingerprint density at radius 3 is 2.50 bits per heavy atom. The van der Waals surface area contributed by atoms with Crippen LogP contribution in [0.2, 0.25) is 4.34 Å². The van der Waals surface area contributed by atoms with Gasteiger partial charge in [-0.1, -0.05) is 25.4 Å². The maximum absolute atomic E-state index is 12.1. The van der Waals surface area contributed by atoms with Crippen molar-refractivity contribution in [3.63, 3.8) is 0 Å². The molecule has 0 atom stereocenters. The Hall–Kier alpha value is 0.190. The lowest BCUT2D eigenvalue weighted by Gasteiger charge is -2.23. The van der Waals surface area contributed by atoms with Crippen LogP contribution in [-0.4, -0.2) is 20.8 Å². The van der Waals surface area contributed by atoms with E-state index in [2.05, 4.69) is 4.72 Å². The highest BCUT2D eigenvalue weighted by Crippen LogP contribution is 2.30. The molecule has 1 N–H and O–H groups in total. The molecule has 0 radical (unpaired) electrons. The van der Waals surface area contributed by atoms with Gasteiger partial charge in [0, 0.05) is 12.4 Å². The van der Waals surface area contributed by atoms with Crippen molar-refractivity contribution < 1.29 is 8.42 Å². The van der Waals surface area contributed by atoms with Crippen LogP contribution in [0.1, 0.15) is 25.8 Å². The molecule has 0 fully saturated rings. The van der Waals surface area contributed by atoms with Crippen LogP contribution in [0.25, 0.3) is 0 Å². The van der Waals surface area contributed by atoms with Gasteiger partial charge >= 0.3 is 0 Å². The summed E-state index contributed by atoms with van der Waals surface area (Å²) in [4.78, 5) is 0. The molecule has 3 nitrogen and oxygen atoms in total. The molecule has 0 saturated heterocycles. The van der Waals surface area contributed by atoms with Gasteiger partial charge in [0.1, 0.15) is 4.21 Å². The fraction of sp³-hybridized carbons (Fsp3) is 0.636. The number of hydrogen-bond donors (Lipinski definition) is 1. The minimum atomic E-state index is -3.47. The largest absolute Gasteiger partial charge is 0.250 e. The van der Waals surface area contributed by atoms with E-state index in [4.69, 9.17) is 23.2 Å². The predicted molar refractivity (Wildman–Crippen MR) is 78.4 cm³/mol. The molecule has 0 spiro atoms. The summed E-state index contributed by atoms with van der Waals surface area (Å²) in [6.45, 7) is 6.10. The van der Waals surface area contributed by atoms with Gasteiger partial charge in [0.15, 0.2) is 0 Å². The Labute approximate surface area is 123 Å². The van der Waals surface area contributed by atoms with Crippen molar-refractivity contribution in [2.75, 3.05) is 12.4 Å². The molecule has 0 unspecified atom stereocenters. The van der Waals surface area contributed by atoms with Crippen molar-refractivity contribution in [2.24, 2.45) is 5.41 Å². The van der Waals surface area contributed by atoms with Gasteiger partial charge in [0.2, 0.25) is 10.0 Å². The fourth-order valence-electron chi connectivity index (χ4n) is 1.27. The van der Waals surface area contributed by atoms with Crippen LogP contribution in [0, 0.1) is 12.3 Å². The topological polar surface area (TPSA) is 46.2 Å². The Balaban J connectivity index is 2.77. The van der Waals surface area contributed by atoms with Crippen molar-refractivity contribution >= 4 is 44.6 Å². The monoisotopic (exact) mass is 329 g/mol. The summed E-state index contributed by atoms with van der Waals surface area (Å²) in [5.74, 6) is 0.513. The third-order valence-corrected chi connectivity index (χ3v) is 6.23. The highest BCUT2D eigenvalue weighted by atomic mass is 35.5. The van der Waals surface area contributed by atoms with E-state index in [1.165, 1.54) is 0 Å². The number of aryl methyl sites for hydroxylation is 1. The van der Waals surface area contributed by atoms with Gasteiger partial charge in [-0.2, -0.15) is 0 Å². The third kappa shape index (κ3) is 4.38. The standard InChI is InChI=1S/C11H17Cl2NO2S2/c1-8-6-9(17-10(8)13)18(15,16)14-7-11(2,3)4-5-12/h6,14H,4-5,7H2,1-3H3. The molecule has 0 bridgehead atoms. The Morgan fingerprint density at radius 2 is 2.06 bits per heavy atom. The first-order valence-electron chi connectivity index (χ1n) is 5.49. The van der Waals surface area contributed by atoms with Crippen LogP contribution < -0.4 is 4.72 Å². The molecule has 0 aliphatic heterocycles. The minimum absolute atomic E-state index is 0.162. The van der Waals surface area contributed by atoms with E-state index in [1.807, 2.05) is 13.8 Å². The van der Waals surface area contributed by atoms with E-state index in [9.17, 15) is 8.42 Å². The number of rotatable bonds is 6. The third-order valence-electron chi connectivity index (χ3n) is 2.61. The molecule has 18 heavy (non-hydrogen) atoms. The number of hydrogen-bond acceptors (Lipinski definition) is 3. The van der Waals surface area contributed by atoms with Crippen LogP contribution in [0.15, 0.2) is 10.3 Å². The summed E-state index contributed by atoms with van der Waals surface area (Å²) in [6, 6.07) is 1.59. The molecule has 0 aromatic carbocycles. The minimum Gasteiger partial charge on any atom is -0.210 e. The molecule has 1 aromatic rings. The molecule has 1 aromatic heterocycles. The second-order valence-electron chi connectivity index (χ2n) is 4.95. The first kappa shape index (κ1) is 16.2. The molecule has 0 aliphatic rings. The summed E-state index contributed by atoms with van der Waals surface area (Å²) in [7, 11) is -3.47. The van der Waals surface area contributed by atoms with E-state index in [0.717, 1.165) is 23.3 Å². The maximum Gasteiger partial charge on any atom is 0.250 e. The molecule has 1 heterocycles. The number of sulfonamides is 1. The van der Waals surface area contributed by atoms with Crippen molar-refractivity contribution in [3.05, 3.63) is 16.0 Å². The summed E-state index contributed by atoms with van der Waals surface area (Å²) in [6.07, 6.45) is 0.751. The van der Waals surface area contributed by atoms with Crippen LogP contribution in [0.3, 0.4) is 0 Å². The zero-order valence-electron chi connectivity index (χ0n) is 10.6. The van der Waals surface area contributed by atoms with E-state index < -0.39 is 10.0 Å². The van der Waals surface area contributed by atoms with Gasteiger partial charge in [-0.3, -0.25) is 0 Å². The molecule has 0 aliphatic carbocycles. The first-order valence-corrected chi connectivity index (χ1v) is 8.71. The van der Waals surface area contributed by atoms with Crippen molar-refractivity contribution in [1.82, 2.24) is 4.72 Å². The van der Waals surface area contributed by atoms with E-state index in [-0.39, 0.29) is 9.62 Å². The van der Waals surface area contributed by atoms with Gasteiger partial charge in [-0.05, 0) is 30.4 Å². The first-order chi connectivity index (χ1) is 8.18. The molecule has 7 heteroatoms. The zero-order chi connectivity index (χ0) is 14.0. The number of halogens is 2. The van der Waals surface area contributed by atoms with E-state index in [1.54, 1.807) is 13.0 Å². The van der Waals surface area contributed by atoms with Gasteiger partial charge in [-0.15, -0.1) is 22.9 Å². The molecule has 0 saturated carbocycles. The van der Waals surface area contributed by atoms with Gasteiger partial charge in [-0.25, -0.2) is 13.1 Å².